The number of nitrogens with zero attached hydrogens (tertiary/aromatic N) is 1. The molecule has 0 aromatic heterocycles. The van der Waals surface area contributed by atoms with Crippen LogP contribution in [0.4, 0.5) is 10.5 Å². The normalized spacial score (nSPS) is 26.6. The third-order valence-electron chi connectivity index (χ3n) is 7.28. The van der Waals surface area contributed by atoms with Crippen molar-refractivity contribution in [3.63, 3.8) is 0 Å². The third kappa shape index (κ3) is 4.42. The molecule has 37 heavy (non-hydrogen) atoms. The molecule has 1 amide bonds. The minimum Gasteiger partial charge on any atom is -0.461 e. The van der Waals surface area contributed by atoms with Crippen LogP contribution in [-0.2, 0) is 19.7 Å². The van der Waals surface area contributed by atoms with Gasteiger partial charge >= 0.3 is 12.1 Å². The number of aldehydes is 1. The highest BCUT2D eigenvalue weighted by Gasteiger charge is 2.60. The maximum absolute atomic E-state index is 13.5. The number of benzene rings is 2. The number of carbonyl (C=O) groups is 3. The molecular formula is C30H31NO6. The molecule has 2 aromatic carbocycles. The van der Waals surface area contributed by atoms with E-state index < -0.39 is 46.9 Å². The Morgan fingerprint density at radius 3 is 2.41 bits per heavy atom. The Hall–Kier alpha value is -3.89. The Balaban J connectivity index is 1.81. The summed E-state index contributed by atoms with van der Waals surface area (Å²) in [4.78, 5) is 40.2. The second-order valence-corrected chi connectivity index (χ2v) is 10.6. The van der Waals surface area contributed by atoms with Crippen molar-refractivity contribution in [1.29, 1.82) is 0 Å². The quantitative estimate of drug-likeness (QED) is 0.291. The number of aliphatic hydroxyl groups is 1. The van der Waals surface area contributed by atoms with Gasteiger partial charge in [0.1, 0.15) is 24.7 Å². The molecule has 0 spiro atoms. The number of esters is 1. The number of rotatable bonds is 4. The number of terminal acetylenes is 1. The van der Waals surface area contributed by atoms with E-state index in [1.807, 2.05) is 13.0 Å². The number of carbonyl (C=O) groups excluding carboxylic acids is 3. The Morgan fingerprint density at radius 2 is 1.78 bits per heavy atom. The first-order valence-corrected chi connectivity index (χ1v) is 12.2. The fourth-order valence-corrected chi connectivity index (χ4v) is 5.35. The van der Waals surface area contributed by atoms with E-state index in [0.717, 1.165) is 6.29 Å². The number of para-hydroxylation sites is 2. The van der Waals surface area contributed by atoms with E-state index in [4.69, 9.17) is 15.9 Å². The zero-order valence-corrected chi connectivity index (χ0v) is 21.4. The van der Waals surface area contributed by atoms with Gasteiger partial charge in [-0.3, -0.25) is 9.69 Å². The average molecular weight is 502 g/mol. The van der Waals surface area contributed by atoms with Gasteiger partial charge in [0.05, 0.1) is 22.6 Å². The zero-order valence-electron chi connectivity index (χ0n) is 21.4. The van der Waals surface area contributed by atoms with Crippen LogP contribution in [0.25, 0.3) is 0 Å². The van der Waals surface area contributed by atoms with Crippen molar-refractivity contribution in [2.24, 2.45) is 17.3 Å². The summed E-state index contributed by atoms with van der Waals surface area (Å²) >= 11 is 0. The zero-order chi connectivity index (χ0) is 27.0. The molecule has 5 atom stereocenters. The van der Waals surface area contributed by atoms with E-state index in [-0.39, 0.29) is 6.61 Å². The van der Waals surface area contributed by atoms with Crippen LogP contribution < -0.4 is 9.64 Å². The van der Waals surface area contributed by atoms with Crippen LogP contribution in [0.3, 0.4) is 0 Å². The molecule has 0 saturated heterocycles. The van der Waals surface area contributed by atoms with Gasteiger partial charge in [0, 0.05) is 5.92 Å². The summed E-state index contributed by atoms with van der Waals surface area (Å²) in [6, 6.07) is 14.6. The van der Waals surface area contributed by atoms with E-state index in [1.165, 1.54) is 4.90 Å². The lowest BCUT2D eigenvalue weighted by Crippen LogP contribution is -2.64. The number of fused-ring (bicyclic) bond motifs is 3. The van der Waals surface area contributed by atoms with Crippen LogP contribution >= 0.6 is 0 Å². The van der Waals surface area contributed by atoms with Crippen LogP contribution in [0.5, 0.6) is 5.75 Å². The molecule has 1 heterocycles. The standard InChI is InChI=1S/C30H31NO6/c1-6-23-26-19(2)20(17-36-27(34)29(3,4)5)16-25(33)30(26,18-32)22-14-10-11-15-24(22)31(23)28(35)37-21-12-8-7-9-13-21/h1,7-16,18-19,23,25-26,33H,17H2,2-5H3/t19-,23-,25?,26-,30-/m0/s1. The summed E-state index contributed by atoms with van der Waals surface area (Å²) in [5.41, 5.74) is -0.602. The summed E-state index contributed by atoms with van der Waals surface area (Å²) in [6.45, 7) is 7.06. The Bertz CT molecular complexity index is 1270. The van der Waals surface area contributed by atoms with Gasteiger partial charge in [-0.25, -0.2) is 4.79 Å². The lowest BCUT2D eigenvalue weighted by Gasteiger charge is -2.54. The molecule has 7 heteroatoms. The first-order valence-electron chi connectivity index (χ1n) is 12.2. The number of hydrogen-bond acceptors (Lipinski definition) is 6. The molecule has 1 N–H and O–H groups in total. The van der Waals surface area contributed by atoms with Gasteiger partial charge < -0.3 is 19.4 Å². The van der Waals surface area contributed by atoms with Gasteiger partial charge in [-0.1, -0.05) is 55.3 Å². The predicted octanol–water partition coefficient (Wildman–Crippen LogP) is 4.29. The average Bonchev–Trinajstić information content (AvgIpc) is 2.88. The third-order valence-corrected chi connectivity index (χ3v) is 7.28. The second kappa shape index (κ2) is 9.87. The molecule has 0 fully saturated rings. The lowest BCUT2D eigenvalue weighted by molar-refractivity contribution is -0.152. The van der Waals surface area contributed by atoms with Crippen LogP contribution in [0.15, 0.2) is 66.2 Å². The highest BCUT2D eigenvalue weighted by atomic mass is 16.6. The van der Waals surface area contributed by atoms with Crippen LogP contribution in [0, 0.1) is 29.6 Å². The number of ether oxygens (including phenoxy) is 2. The molecule has 0 bridgehead atoms. The summed E-state index contributed by atoms with van der Waals surface area (Å²) in [7, 11) is 0. The Kier molecular flexibility index (Phi) is 6.98. The van der Waals surface area contributed by atoms with Crippen LogP contribution in [0.2, 0.25) is 0 Å². The Morgan fingerprint density at radius 1 is 1.14 bits per heavy atom. The van der Waals surface area contributed by atoms with Crippen molar-refractivity contribution in [3.8, 4) is 18.1 Å². The van der Waals surface area contributed by atoms with Crippen molar-refractivity contribution in [2.45, 2.75) is 45.3 Å². The first-order chi connectivity index (χ1) is 17.6. The smallest absolute Gasteiger partial charge is 0.420 e. The number of hydrogen-bond donors (Lipinski definition) is 1. The van der Waals surface area contributed by atoms with Crippen molar-refractivity contribution >= 4 is 24.0 Å². The van der Waals surface area contributed by atoms with E-state index in [0.29, 0.717) is 22.6 Å². The molecule has 4 rings (SSSR count). The molecule has 1 aliphatic carbocycles. The molecule has 2 aromatic rings. The second-order valence-electron chi connectivity index (χ2n) is 10.6. The molecule has 192 valence electrons. The molecule has 2 aliphatic rings. The molecule has 1 unspecified atom stereocenters. The van der Waals surface area contributed by atoms with Crippen LogP contribution in [-0.4, -0.2) is 42.2 Å². The summed E-state index contributed by atoms with van der Waals surface area (Å²) < 4.78 is 11.2. The maximum Gasteiger partial charge on any atom is 0.420 e. The summed E-state index contributed by atoms with van der Waals surface area (Å²) in [6.07, 6.45) is 6.40. The van der Waals surface area contributed by atoms with Crippen LogP contribution in [0.1, 0.15) is 33.3 Å². The first kappa shape index (κ1) is 26.2. The van der Waals surface area contributed by atoms with Gasteiger partial charge in [-0.15, -0.1) is 6.42 Å². The fourth-order valence-electron chi connectivity index (χ4n) is 5.35. The largest absolute Gasteiger partial charge is 0.461 e. The summed E-state index contributed by atoms with van der Waals surface area (Å²) in [5, 5.41) is 11.4. The molecule has 0 radical (unpaired) electrons. The number of aliphatic hydroxyl groups excluding tert-OH is 1. The van der Waals surface area contributed by atoms with E-state index in [2.05, 4.69) is 5.92 Å². The molecule has 0 saturated carbocycles. The van der Waals surface area contributed by atoms with E-state index in [1.54, 1.807) is 75.4 Å². The van der Waals surface area contributed by atoms with Crippen molar-refractivity contribution in [3.05, 3.63) is 71.8 Å². The number of amides is 1. The van der Waals surface area contributed by atoms with Gasteiger partial charge in [-0.2, -0.15) is 0 Å². The van der Waals surface area contributed by atoms with Gasteiger partial charge in [0.2, 0.25) is 0 Å². The topological polar surface area (TPSA) is 93.1 Å². The van der Waals surface area contributed by atoms with E-state index >= 15 is 0 Å². The van der Waals surface area contributed by atoms with Crippen molar-refractivity contribution in [2.75, 3.05) is 11.5 Å². The fraction of sp³-hybridized carbons (Fsp3) is 0.367. The molecule has 1 aliphatic heterocycles. The Labute approximate surface area is 217 Å². The van der Waals surface area contributed by atoms with Crippen molar-refractivity contribution < 1.29 is 29.0 Å². The minimum atomic E-state index is -1.41. The molecule has 7 nitrogen and oxygen atoms in total. The van der Waals surface area contributed by atoms with Crippen molar-refractivity contribution in [1.82, 2.24) is 0 Å². The molecular weight excluding hydrogens is 470 g/mol. The highest BCUT2D eigenvalue weighted by molar-refractivity contribution is 5.95. The highest BCUT2D eigenvalue weighted by Crippen LogP contribution is 2.54. The van der Waals surface area contributed by atoms with E-state index in [9.17, 15) is 19.5 Å². The maximum atomic E-state index is 13.5. The van der Waals surface area contributed by atoms with Gasteiger partial charge in [0.15, 0.2) is 0 Å². The number of anilines is 1. The monoisotopic (exact) mass is 501 g/mol. The summed E-state index contributed by atoms with van der Waals surface area (Å²) in [5.74, 6) is 1.53. The predicted molar refractivity (Wildman–Crippen MR) is 139 cm³/mol. The van der Waals surface area contributed by atoms with Gasteiger partial charge in [0.25, 0.3) is 0 Å². The minimum absolute atomic E-state index is 0.0623. The lowest BCUT2D eigenvalue weighted by atomic mass is 9.54. The SMILES string of the molecule is C#C[C@H]1[C@@H]2[C@@H](C)C(COC(=O)C(C)(C)C)=CC(O)[C@]2(C=O)c2ccccc2N1C(=O)Oc1ccccc1. The van der Waals surface area contributed by atoms with Gasteiger partial charge in [-0.05, 0) is 56.0 Å².